The van der Waals surface area contributed by atoms with Gasteiger partial charge in [-0.05, 0) is 68.3 Å². The molecule has 0 bridgehead atoms. The van der Waals surface area contributed by atoms with Crippen LogP contribution in [0.2, 0.25) is 0 Å². The van der Waals surface area contributed by atoms with E-state index in [1.807, 2.05) is 51.1 Å². The second-order valence-corrected chi connectivity index (χ2v) is 10.2. The Kier molecular flexibility index (Phi) is 8.82. The van der Waals surface area contributed by atoms with E-state index in [1.54, 1.807) is 12.1 Å². The summed E-state index contributed by atoms with van der Waals surface area (Å²) in [6.07, 6.45) is 0. The normalized spacial score (nSPS) is 11.0. The first-order chi connectivity index (χ1) is 17.1. The van der Waals surface area contributed by atoms with Crippen molar-refractivity contribution in [3.63, 3.8) is 0 Å². The van der Waals surface area contributed by atoms with Gasteiger partial charge in [0.05, 0.1) is 31.3 Å². The van der Waals surface area contributed by atoms with Crippen molar-refractivity contribution in [3.8, 4) is 17.2 Å². The van der Waals surface area contributed by atoms with E-state index in [0.29, 0.717) is 17.2 Å². The molecule has 3 aromatic rings. The highest BCUT2D eigenvalue weighted by molar-refractivity contribution is 7.92. The number of nitrogens with one attached hydrogen (secondary N) is 1. The highest BCUT2D eigenvalue weighted by atomic mass is 32.2. The third-order valence-corrected chi connectivity index (χ3v) is 7.21. The Morgan fingerprint density at radius 3 is 2.08 bits per heavy atom. The maximum atomic E-state index is 13.7. The van der Waals surface area contributed by atoms with Crippen LogP contribution in [0.15, 0.2) is 65.6 Å². The molecule has 8 nitrogen and oxygen atoms in total. The summed E-state index contributed by atoms with van der Waals surface area (Å²) in [5.41, 5.74) is 3.28. The number of nitrogens with zero attached hydrogens (tertiary/aromatic N) is 1. The summed E-state index contributed by atoms with van der Waals surface area (Å²) in [6, 6.07) is 17.3. The van der Waals surface area contributed by atoms with Crippen LogP contribution in [0.25, 0.3) is 0 Å². The van der Waals surface area contributed by atoms with Gasteiger partial charge in [0.1, 0.15) is 18.9 Å². The molecule has 0 fully saturated rings. The van der Waals surface area contributed by atoms with Crippen molar-refractivity contribution in [3.05, 3.63) is 77.4 Å². The van der Waals surface area contributed by atoms with E-state index >= 15 is 0 Å². The Hall–Kier alpha value is -3.72. The summed E-state index contributed by atoms with van der Waals surface area (Å²) in [5.74, 6) is 0.922. The number of benzene rings is 3. The Balaban J connectivity index is 1.81. The number of aryl methyl sites for hydroxylation is 3. The lowest BCUT2D eigenvalue weighted by atomic mass is 10.1. The molecule has 3 aromatic carbocycles. The molecule has 0 aliphatic rings. The van der Waals surface area contributed by atoms with Gasteiger partial charge in [-0.25, -0.2) is 8.42 Å². The van der Waals surface area contributed by atoms with Crippen LogP contribution in [0.3, 0.4) is 0 Å². The molecule has 0 aliphatic carbocycles. The smallest absolute Gasteiger partial charge is 0.264 e. The number of anilines is 1. The molecule has 1 amide bonds. The Morgan fingerprint density at radius 2 is 1.47 bits per heavy atom. The third-order valence-electron chi connectivity index (χ3n) is 5.44. The zero-order valence-corrected chi connectivity index (χ0v) is 22.0. The number of amides is 1. The molecule has 0 saturated carbocycles. The third kappa shape index (κ3) is 6.69. The molecule has 192 valence electrons. The van der Waals surface area contributed by atoms with Crippen LogP contribution in [-0.2, 0) is 14.8 Å². The summed E-state index contributed by atoms with van der Waals surface area (Å²) in [5, 5.41) is 2.74. The van der Waals surface area contributed by atoms with Gasteiger partial charge in [0.25, 0.3) is 10.0 Å². The van der Waals surface area contributed by atoms with Gasteiger partial charge >= 0.3 is 0 Å². The van der Waals surface area contributed by atoms with Crippen molar-refractivity contribution < 1.29 is 27.4 Å². The molecule has 0 aliphatic heterocycles. The largest absolute Gasteiger partial charge is 0.493 e. The van der Waals surface area contributed by atoms with Crippen LogP contribution in [0, 0.1) is 20.8 Å². The van der Waals surface area contributed by atoms with E-state index < -0.39 is 22.5 Å². The average molecular weight is 513 g/mol. The summed E-state index contributed by atoms with van der Waals surface area (Å²) in [4.78, 5) is 12.8. The van der Waals surface area contributed by atoms with E-state index in [-0.39, 0.29) is 23.8 Å². The monoisotopic (exact) mass is 512 g/mol. The fourth-order valence-corrected chi connectivity index (χ4v) is 5.11. The zero-order chi connectivity index (χ0) is 26.3. The SMILES string of the molecule is COc1ccc(S(=O)(=O)N(CC(=O)NCCOc2ccc(C)cc2)c2cc(C)cc(C)c2)cc1OC. The highest BCUT2D eigenvalue weighted by Gasteiger charge is 2.28. The molecule has 0 aromatic heterocycles. The Labute approximate surface area is 212 Å². The fourth-order valence-electron chi connectivity index (χ4n) is 3.69. The fraction of sp³-hybridized carbons (Fsp3) is 0.296. The van der Waals surface area contributed by atoms with E-state index in [4.69, 9.17) is 14.2 Å². The maximum absolute atomic E-state index is 13.7. The van der Waals surface area contributed by atoms with E-state index in [0.717, 1.165) is 21.0 Å². The van der Waals surface area contributed by atoms with Crippen LogP contribution in [-0.4, -0.2) is 48.2 Å². The second-order valence-electron chi connectivity index (χ2n) is 8.39. The van der Waals surface area contributed by atoms with Crippen molar-refractivity contribution in [1.82, 2.24) is 5.32 Å². The first-order valence-corrected chi connectivity index (χ1v) is 12.9. The van der Waals surface area contributed by atoms with E-state index in [2.05, 4.69) is 5.32 Å². The number of methoxy groups -OCH3 is 2. The van der Waals surface area contributed by atoms with Gasteiger partial charge in [-0.2, -0.15) is 0 Å². The van der Waals surface area contributed by atoms with Gasteiger partial charge in [0.2, 0.25) is 5.91 Å². The lowest BCUT2D eigenvalue weighted by Crippen LogP contribution is -2.42. The number of rotatable bonds is 11. The molecule has 0 heterocycles. The van der Waals surface area contributed by atoms with Crippen molar-refractivity contribution >= 4 is 21.6 Å². The minimum absolute atomic E-state index is 0.0187. The lowest BCUT2D eigenvalue weighted by molar-refractivity contribution is -0.119. The molecular formula is C27H32N2O6S. The summed E-state index contributed by atoms with van der Waals surface area (Å²) in [6.45, 7) is 5.82. The number of hydrogen-bond acceptors (Lipinski definition) is 6. The van der Waals surface area contributed by atoms with E-state index in [9.17, 15) is 13.2 Å². The second kappa shape index (κ2) is 11.8. The summed E-state index contributed by atoms with van der Waals surface area (Å²) in [7, 11) is -1.21. The number of carbonyl (C=O) groups excluding carboxylic acids is 1. The van der Waals surface area contributed by atoms with Crippen LogP contribution in [0.5, 0.6) is 17.2 Å². The highest BCUT2D eigenvalue weighted by Crippen LogP contribution is 2.32. The molecule has 0 atom stereocenters. The van der Waals surface area contributed by atoms with Gasteiger partial charge in [-0.1, -0.05) is 23.8 Å². The molecule has 1 N–H and O–H groups in total. The van der Waals surface area contributed by atoms with Gasteiger partial charge in [0, 0.05) is 6.07 Å². The first-order valence-electron chi connectivity index (χ1n) is 11.4. The maximum Gasteiger partial charge on any atom is 0.264 e. The quantitative estimate of drug-likeness (QED) is 0.390. The number of ether oxygens (including phenoxy) is 3. The number of hydrogen-bond donors (Lipinski definition) is 1. The lowest BCUT2D eigenvalue weighted by Gasteiger charge is -2.25. The Morgan fingerprint density at radius 1 is 0.833 bits per heavy atom. The Bertz CT molecular complexity index is 1290. The predicted octanol–water partition coefficient (Wildman–Crippen LogP) is 4.02. The molecule has 0 unspecified atom stereocenters. The van der Waals surface area contributed by atoms with Crippen LogP contribution >= 0.6 is 0 Å². The molecular weight excluding hydrogens is 480 g/mol. The average Bonchev–Trinajstić information content (AvgIpc) is 2.85. The summed E-state index contributed by atoms with van der Waals surface area (Å²) < 4.78 is 44.7. The number of sulfonamides is 1. The molecule has 0 radical (unpaired) electrons. The van der Waals surface area contributed by atoms with Crippen LogP contribution in [0.1, 0.15) is 16.7 Å². The first kappa shape index (κ1) is 26.9. The predicted molar refractivity (Wildman–Crippen MR) is 140 cm³/mol. The van der Waals surface area contributed by atoms with E-state index in [1.165, 1.54) is 32.4 Å². The number of carbonyl (C=O) groups is 1. The molecule has 9 heteroatoms. The van der Waals surface area contributed by atoms with Gasteiger partial charge in [0.15, 0.2) is 11.5 Å². The molecule has 0 spiro atoms. The topological polar surface area (TPSA) is 94.2 Å². The van der Waals surface area contributed by atoms with Crippen molar-refractivity contribution in [1.29, 1.82) is 0 Å². The van der Waals surface area contributed by atoms with Gasteiger partial charge < -0.3 is 19.5 Å². The molecule has 36 heavy (non-hydrogen) atoms. The molecule has 0 saturated heterocycles. The zero-order valence-electron chi connectivity index (χ0n) is 21.2. The van der Waals surface area contributed by atoms with Crippen LogP contribution < -0.4 is 23.8 Å². The van der Waals surface area contributed by atoms with Crippen molar-refractivity contribution in [2.45, 2.75) is 25.7 Å². The standard InChI is InChI=1S/C27H32N2O6S/c1-19-6-8-23(9-7-19)35-13-12-28-27(30)18-29(22-15-20(2)14-21(3)16-22)36(31,32)24-10-11-25(33-4)26(17-24)34-5/h6-11,14-17H,12-13,18H2,1-5H3,(H,28,30). The van der Waals surface area contributed by atoms with Crippen molar-refractivity contribution in [2.24, 2.45) is 0 Å². The molecule has 3 rings (SSSR count). The minimum atomic E-state index is -4.11. The van der Waals surface area contributed by atoms with Gasteiger partial charge in [-0.3, -0.25) is 9.10 Å². The summed E-state index contributed by atoms with van der Waals surface area (Å²) >= 11 is 0. The van der Waals surface area contributed by atoms with Crippen molar-refractivity contribution in [2.75, 3.05) is 38.2 Å². The van der Waals surface area contributed by atoms with Crippen LogP contribution in [0.4, 0.5) is 5.69 Å². The van der Waals surface area contributed by atoms with Gasteiger partial charge in [-0.15, -0.1) is 0 Å². The minimum Gasteiger partial charge on any atom is -0.493 e.